The Hall–Kier alpha value is -2.78. The van der Waals surface area contributed by atoms with Crippen LogP contribution in [0.15, 0.2) is 30.6 Å². The van der Waals surface area contributed by atoms with Gasteiger partial charge in [-0.1, -0.05) is 35.0 Å². The van der Waals surface area contributed by atoms with Crippen LogP contribution in [0.2, 0.25) is 5.02 Å². The number of hydrogen-bond acceptors (Lipinski definition) is 7. The van der Waals surface area contributed by atoms with Gasteiger partial charge in [-0.3, -0.25) is 9.69 Å². The normalized spacial score (nSPS) is 15.1. The van der Waals surface area contributed by atoms with Crippen molar-refractivity contribution in [1.29, 1.82) is 0 Å². The van der Waals surface area contributed by atoms with Crippen molar-refractivity contribution < 1.29 is 4.79 Å². The number of anilines is 1. The zero-order valence-electron chi connectivity index (χ0n) is 15.5. The highest BCUT2D eigenvalue weighted by atomic mass is 35.5. The van der Waals surface area contributed by atoms with Gasteiger partial charge in [-0.25, -0.2) is 14.6 Å². The Labute approximate surface area is 167 Å². The summed E-state index contributed by atoms with van der Waals surface area (Å²) in [5.74, 6) is 0.785. The maximum Gasteiger partial charge on any atom is 0.234 e. The van der Waals surface area contributed by atoms with E-state index in [9.17, 15) is 4.79 Å². The molecule has 10 heteroatoms. The number of hydrogen-bond donors (Lipinski definition) is 1. The van der Waals surface area contributed by atoms with Crippen molar-refractivity contribution >= 4 is 34.5 Å². The number of fused-ring (bicyclic) bond motifs is 1. The zero-order chi connectivity index (χ0) is 19.5. The lowest BCUT2D eigenvalue weighted by Gasteiger charge is -2.34. The summed E-state index contributed by atoms with van der Waals surface area (Å²) in [6.07, 6.45) is 1.54. The summed E-state index contributed by atoms with van der Waals surface area (Å²) in [5, 5.41) is 11.8. The summed E-state index contributed by atoms with van der Waals surface area (Å²) in [7, 11) is 1.81. The molecule has 3 aromatic rings. The average molecular weight is 401 g/mol. The van der Waals surface area contributed by atoms with Crippen molar-refractivity contribution in [2.45, 2.75) is 6.54 Å². The molecule has 0 atom stereocenters. The van der Waals surface area contributed by atoms with Gasteiger partial charge in [0.25, 0.3) is 0 Å². The summed E-state index contributed by atoms with van der Waals surface area (Å²) in [6.45, 7) is 3.87. The van der Waals surface area contributed by atoms with Gasteiger partial charge < -0.3 is 10.2 Å². The van der Waals surface area contributed by atoms with E-state index in [0.29, 0.717) is 29.3 Å². The highest BCUT2D eigenvalue weighted by Crippen LogP contribution is 2.21. The first-order valence-electron chi connectivity index (χ1n) is 9.09. The van der Waals surface area contributed by atoms with Crippen molar-refractivity contribution in [3.05, 3.63) is 41.2 Å². The molecule has 0 bridgehead atoms. The molecule has 1 amide bonds. The molecule has 0 saturated carbocycles. The molecule has 28 heavy (non-hydrogen) atoms. The number of halogens is 1. The average Bonchev–Trinajstić information content (AvgIpc) is 3.09. The number of carbonyl (C=O) groups is 1. The van der Waals surface area contributed by atoms with Crippen molar-refractivity contribution in [3.8, 4) is 0 Å². The fourth-order valence-corrected chi connectivity index (χ4v) is 3.49. The standard InChI is InChI=1S/C18H21ClN8O/c1-25-17-16(23-24-25)18(22-12-21-17)27-8-6-26(7-9-27)11-15(28)20-10-13-4-2-3-5-14(13)19/h2-5,12H,6-11H2,1H3,(H,20,28). The number of rotatable bonds is 5. The van der Waals surface area contributed by atoms with E-state index in [1.54, 1.807) is 4.68 Å². The number of amides is 1. The molecule has 9 nitrogen and oxygen atoms in total. The van der Waals surface area contributed by atoms with Gasteiger partial charge in [-0.15, -0.1) is 5.10 Å². The number of benzene rings is 1. The predicted molar refractivity (Wildman–Crippen MR) is 106 cm³/mol. The van der Waals surface area contributed by atoms with Gasteiger partial charge in [0.1, 0.15) is 6.33 Å². The Morgan fingerprint density at radius 3 is 2.75 bits per heavy atom. The van der Waals surface area contributed by atoms with Gasteiger partial charge in [0.05, 0.1) is 6.54 Å². The van der Waals surface area contributed by atoms with E-state index in [1.165, 1.54) is 6.33 Å². The minimum absolute atomic E-state index is 0.00766. The fourth-order valence-electron chi connectivity index (χ4n) is 3.28. The van der Waals surface area contributed by atoms with Gasteiger partial charge in [0, 0.05) is 44.8 Å². The van der Waals surface area contributed by atoms with E-state index in [-0.39, 0.29) is 5.91 Å². The molecule has 3 heterocycles. The first kappa shape index (κ1) is 18.6. The van der Waals surface area contributed by atoms with Crippen molar-refractivity contribution in [2.75, 3.05) is 37.6 Å². The second-order valence-electron chi connectivity index (χ2n) is 6.71. The number of piperazine rings is 1. The Kier molecular flexibility index (Phi) is 5.36. The van der Waals surface area contributed by atoms with Gasteiger partial charge in [-0.05, 0) is 11.6 Å². The lowest BCUT2D eigenvalue weighted by atomic mass is 10.2. The summed E-state index contributed by atoms with van der Waals surface area (Å²) in [4.78, 5) is 25.2. The Balaban J connectivity index is 1.30. The summed E-state index contributed by atoms with van der Waals surface area (Å²) in [6, 6.07) is 7.52. The van der Waals surface area contributed by atoms with Crippen LogP contribution < -0.4 is 10.2 Å². The van der Waals surface area contributed by atoms with E-state index in [2.05, 4.69) is 35.4 Å². The fraction of sp³-hybridized carbons (Fsp3) is 0.389. The summed E-state index contributed by atoms with van der Waals surface area (Å²) in [5.41, 5.74) is 2.33. The molecule has 146 valence electrons. The maximum absolute atomic E-state index is 12.3. The second kappa shape index (κ2) is 8.07. The van der Waals surface area contributed by atoms with Gasteiger partial charge in [0.2, 0.25) is 5.91 Å². The minimum Gasteiger partial charge on any atom is -0.352 e. The third-order valence-electron chi connectivity index (χ3n) is 4.84. The lowest BCUT2D eigenvalue weighted by molar-refractivity contribution is -0.122. The Bertz CT molecular complexity index is 983. The molecule has 4 rings (SSSR count). The van der Waals surface area contributed by atoms with Crippen LogP contribution in [0.4, 0.5) is 5.82 Å². The predicted octanol–water partition coefficient (Wildman–Crippen LogP) is 0.850. The van der Waals surface area contributed by atoms with Crippen molar-refractivity contribution in [3.63, 3.8) is 0 Å². The van der Waals surface area contributed by atoms with Crippen LogP contribution in [-0.4, -0.2) is 68.5 Å². The molecular formula is C18H21ClN8O. The quantitative estimate of drug-likeness (QED) is 0.678. The zero-order valence-corrected chi connectivity index (χ0v) is 16.3. The topological polar surface area (TPSA) is 92.1 Å². The van der Waals surface area contributed by atoms with Crippen LogP contribution in [0, 0.1) is 0 Å². The van der Waals surface area contributed by atoms with E-state index < -0.39 is 0 Å². The molecule has 1 aliphatic rings. The van der Waals surface area contributed by atoms with Gasteiger partial charge in [-0.2, -0.15) is 0 Å². The number of aromatic nitrogens is 5. The van der Waals surface area contributed by atoms with Crippen molar-refractivity contribution in [1.82, 2.24) is 35.2 Å². The molecule has 2 aromatic heterocycles. The maximum atomic E-state index is 12.3. The SMILES string of the molecule is Cn1nnc2c(N3CCN(CC(=O)NCc4ccccc4Cl)CC3)ncnc21. The van der Waals surface area contributed by atoms with Crippen LogP contribution in [0.1, 0.15) is 5.56 Å². The van der Waals surface area contributed by atoms with Crippen LogP contribution >= 0.6 is 11.6 Å². The number of nitrogens with one attached hydrogen (secondary N) is 1. The monoisotopic (exact) mass is 400 g/mol. The second-order valence-corrected chi connectivity index (χ2v) is 7.12. The minimum atomic E-state index is -0.00766. The van der Waals surface area contributed by atoms with E-state index in [4.69, 9.17) is 11.6 Å². The van der Waals surface area contributed by atoms with Gasteiger partial charge >= 0.3 is 0 Å². The molecule has 1 saturated heterocycles. The molecule has 0 unspecified atom stereocenters. The largest absolute Gasteiger partial charge is 0.352 e. The smallest absolute Gasteiger partial charge is 0.234 e. The van der Waals surface area contributed by atoms with Crippen LogP contribution in [-0.2, 0) is 18.4 Å². The molecular weight excluding hydrogens is 380 g/mol. The molecule has 1 aromatic carbocycles. The molecule has 1 aliphatic heterocycles. The highest BCUT2D eigenvalue weighted by molar-refractivity contribution is 6.31. The summed E-state index contributed by atoms with van der Waals surface area (Å²) < 4.78 is 1.64. The van der Waals surface area contributed by atoms with E-state index in [0.717, 1.165) is 37.6 Å². The first-order valence-corrected chi connectivity index (χ1v) is 9.47. The molecule has 1 fully saturated rings. The number of nitrogens with zero attached hydrogens (tertiary/aromatic N) is 7. The summed E-state index contributed by atoms with van der Waals surface area (Å²) >= 11 is 6.13. The highest BCUT2D eigenvalue weighted by Gasteiger charge is 2.23. The molecule has 0 aliphatic carbocycles. The first-order chi connectivity index (χ1) is 13.6. The van der Waals surface area contributed by atoms with Crippen LogP contribution in [0.3, 0.4) is 0 Å². The third kappa shape index (κ3) is 3.90. The number of carbonyl (C=O) groups excluding carboxylic acids is 1. The van der Waals surface area contributed by atoms with Gasteiger partial charge in [0.15, 0.2) is 17.0 Å². The molecule has 1 N–H and O–H groups in total. The molecule has 0 radical (unpaired) electrons. The third-order valence-corrected chi connectivity index (χ3v) is 5.21. The molecule has 0 spiro atoms. The van der Waals surface area contributed by atoms with E-state index in [1.807, 2.05) is 31.3 Å². The van der Waals surface area contributed by atoms with E-state index >= 15 is 0 Å². The number of aryl methyl sites for hydroxylation is 1. The Morgan fingerprint density at radius 1 is 1.18 bits per heavy atom. The van der Waals surface area contributed by atoms with Crippen LogP contribution in [0.5, 0.6) is 0 Å². The van der Waals surface area contributed by atoms with Crippen LogP contribution in [0.25, 0.3) is 11.2 Å². The lowest BCUT2D eigenvalue weighted by Crippen LogP contribution is -2.49. The Morgan fingerprint density at radius 2 is 1.96 bits per heavy atom. The van der Waals surface area contributed by atoms with Crippen molar-refractivity contribution in [2.24, 2.45) is 7.05 Å².